The van der Waals surface area contributed by atoms with Crippen LogP contribution in [-0.2, 0) is 11.2 Å². The largest absolute Gasteiger partial charge is 0.484 e. The molecule has 2 aromatic carbocycles. The van der Waals surface area contributed by atoms with Gasteiger partial charge in [0.1, 0.15) is 5.75 Å². The third kappa shape index (κ3) is 6.94. The average molecular weight is 395 g/mol. The molecule has 0 saturated heterocycles. The molecule has 5 nitrogen and oxygen atoms in total. The summed E-state index contributed by atoms with van der Waals surface area (Å²) in [6.07, 6.45) is -3.71. The topological polar surface area (TPSA) is 75.6 Å². The van der Waals surface area contributed by atoms with Gasteiger partial charge in [-0.3, -0.25) is 4.79 Å². The molecule has 8 heteroatoms. The zero-order valence-corrected chi connectivity index (χ0v) is 15.1. The number of amides is 1. The van der Waals surface area contributed by atoms with Gasteiger partial charge in [-0.05, 0) is 48.7 Å². The predicted molar refractivity (Wildman–Crippen MR) is 96.3 cm³/mol. The lowest BCUT2D eigenvalue weighted by molar-refractivity contribution is -0.153. The standard InChI is InChI=1S/C20H20F3NO4/c1-13(15-7-9-17(10-8-15)28-12-20(21,22)23)24-18(25)11-4-14-2-5-16(6-3-14)19(26)27/h2-3,5-10,13H,4,11-12H2,1H3,(H,24,25)(H,26,27). The average Bonchev–Trinajstić information content (AvgIpc) is 2.65. The molecule has 0 saturated carbocycles. The fourth-order valence-corrected chi connectivity index (χ4v) is 2.49. The minimum atomic E-state index is -4.39. The number of benzene rings is 2. The molecule has 150 valence electrons. The fourth-order valence-electron chi connectivity index (χ4n) is 2.49. The molecule has 0 aliphatic rings. The Morgan fingerprint density at radius 3 is 2.21 bits per heavy atom. The number of aryl methyl sites for hydroxylation is 1. The Morgan fingerprint density at radius 1 is 1.07 bits per heavy atom. The molecule has 2 rings (SSSR count). The van der Waals surface area contributed by atoms with E-state index >= 15 is 0 Å². The zero-order chi connectivity index (χ0) is 20.7. The number of nitrogens with one attached hydrogen (secondary N) is 1. The van der Waals surface area contributed by atoms with Crippen LogP contribution < -0.4 is 10.1 Å². The molecule has 0 aliphatic carbocycles. The number of halogens is 3. The van der Waals surface area contributed by atoms with E-state index in [2.05, 4.69) is 10.1 Å². The molecule has 0 heterocycles. The molecule has 1 atom stereocenters. The van der Waals surface area contributed by atoms with Crippen molar-refractivity contribution in [2.24, 2.45) is 0 Å². The molecule has 1 unspecified atom stereocenters. The Hall–Kier alpha value is -3.03. The van der Waals surface area contributed by atoms with E-state index in [0.717, 1.165) is 11.1 Å². The number of hydrogen-bond acceptors (Lipinski definition) is 3. The minimum Gasteiger partial charge on any atom is -0.484 e. The molecule has 2 aromatic rings. The highest BCUT2D eigenvalue weighted by molar-refractivity contribution is 5.87. The summed E-state index contributed by atoms with van der Waals surface area (Å²) in [5.74, 6) is -1.09. The molecule has 0 bridgehead atoms. The molecule has 0 aromatic heterocycles. The van der Waals surface area contributed by atoms with Crippen molar-refractivity contribution in [2.45, 2.75) is 32.0 Å². The lowest BCUT2D eigenvalue weighted by atomic mass is 10.1. The van der Waals surface area contributed by atoms with Crippen molar-refractivity contribution in [1.82, 2.24) is 5.32 Å². The maximum absolute atomic E-state index is 12.1. The van der Waals surface area contributed by atoms with Gasteiger partial charge < -0.3 is 15.2 Å². The van der Waals surface area contributed by atoms with Gasteiger partial charge in [-0.1, -0.05) is 24.3 Å². The number of aromatic carboxylic acids is 1. The Morgan fingerprint density at radius 2 is 1.68 bits per heavy atom. The Balaban J connectivity index is 1.82. The molecule has 0 aliphatic heterocycles. The van der Waals surface area contributed by atoms with E-state index in [9.17, 15) is 22.8 Å². The van der Waals surface area contributed by atoms with Gasteiger partial charge in [0.05, 0.1) is 11.6 Å². The second-order valence-corrected chi connectivity index (χ2v) is 6.26. The molecular formula is C20H20F3NO4. The van der Waals surface area contributed by atoms with Crippen molar-refractivity contribution in [2.75, 3.05) is 6.61 Å². The van der Waals surface area contributed by atoms with Gasteiger partial charge in [0.25, 0.3) is 0 Å². The van der Waals surface area contributed by atoms with E-state index in [4.69, 9.17) is 5.11 Å². The molecule has 0 fully saturated rings. The van der Waals surface area contributed by atoms with Crippen molar-refractivity contribution >= 4 is 11.9 Å². The van der Waals surface area contributed by atoms with Crippen LogP contribution in [0.5, 0.6) is 5.75 Å². The summed E-state index contributed by atoms with van der Waals surface area (Å²) in [4.78, 5) is 22.9. The zero-order valence-electron chi connectivity index (χ0n) is 15.1. The molecule has 2 N–H and O–H groups in total. The number of carbonyl (C=O) groups is 2. The van der Waals surface area contributed by atoms with Gasteiger partial charge >= 0.3 is 12.1 Å². The van der Waals surface area contributed by atoms with E-state index in [1.165, 1.54) is 24.3 Å². The highest BCUT2D eigenvalue weighted by Gasteiger charge is 2.28. The van der Waals surface area contributed by atoms with Crippen LogP contribution >= 0.6 is 0 Å². The van der Waals surface area contributed by atoms with Crippen LogP contribution in [-0.4, -0.2) is 29.8 Å². The number of hydrogen-bond donors (Lipinski definition) is 2. The molecular weight excluding hydrogens is 375 g/mol. The van der Waals surface area contributed by atoms with Gasteiger partial charge in [-0.2, -0.15) is 13.2 Å². The Labute approximate surface area is 160 Å². The van der Waals surface area contributed by atoms with Crippen LogP contribution in [0.4, 0.5) is 13.2 Å². The van der Waals surface area contributed by atoms with Gasteiger partial charge in [-0.15, -0.1) is 0 Å². The van der Waals surface area contributed by atoms with Crippen LogP contribution in [0.2, 0.25) is 0 Å². The van der Waals surface area contributed by atoms with Crippen LogP contribution in [0.1, 0.15) is 40.9 Å². The van der Waals surface area contributed by atoms with E-state index in [1.54, 1.807) is 31.2 Å². The lowest BCUT2D eigenvalue weighted by Crippen LogP contribution is -2.26. The normalized spacial score (nSPS) is 12.3. The van der Waals surface area contributed by atoms with Gasteiger partial charge in [0.15, 0.2) is 6.61 Å². The highest BCUT2D eigenvalue weighted by Crippen LogP contribution is 2.21. The number of carboxylic acids is 1. The smallest absolute Gasteiger partial charge is 0.422 e. The molecule has 28 heavy (non-hydrogen) atoms. The first-order valence-electron chi connectivity index (χ1n) is 8.55. The predicted octanol–water partition coefficient (Wildman–Crippen LogP) is 4.14. The molecule has 1 amide bonds. The maximum atomic E-state index is 12.1. The van der Waals surface area contributed by atoms with Crippen LogP contribution in [0.25, 0.3) is 0 Å². The maximum Gasteiger partial charge on any atom is 0.422 e. The van der Waals surface area contributed by atoms with Crippen LogP contribution in [0.15, 0.2) is 48.5 Å². The van der Waals surface area contributed by atoms with Gasteiger partial charge in [-0.25, -0.2) is 4.79 Å². The first-order chi connectivity index (χ1) is 13.1. The lowest BCUT2D eigenvalue weighted by Gasteiger charge is -2.15. The number of ether oxygens (including phenoxy) is 1. The first-order valence-corrected chi connectivity index (χ1v) is 8.55. The second kappa shape index (κ2) is 9.25. The van der Waals surface area contributed by atoms with Crippen molar-refractivity contribution in [1.29, 1.82) is 0 Å². The van der Waals surface area contributed by atoms with E-state index in [0.29, 0.717) is 6.42 Å². The van der Waals surface area contributed by atoms with Crippen molar-refractivity contribution in [3.05, 3.63) is 65.2 Å². The fraction of sp³-hybridized carbons (Fsp3) is 0.300. The SMILES string of the molecule is CC(NC(=O)CCc1ccc(C(=O)O)cc1)c1ccc(OCC(F)(F)F)cc1. The van der Waals surface area contributed by atoms with Crippen molar-refractivity contribution in [3.8, 4) is 5.75 Å². The summed E-state index contributed by atoms with van der Waals surface area (Å²) in [6.45, 7) is 0.414. The Bertz CT molecular complexity index is 802. The monoisotopic (exact) mass is 395 g/mol. The Kier molecular flexibility index (Phi) is 7.03. The third-order valence-electron chi connectivity index (χ3n) is 4.00. The summed E-state index contributed by atoms with van der Waals surface area (Å²) in [6, 6.07) is 12.0. The summed E-state index contributed by atoms with van der Waals surface area (Å²) in [7, 11) is 0. The summed E-state index contributed by atoms with van der Waals surface area (Å²) >= 11 is 0. The van der Waals surface area contributed by atoms with Crippen LogP contribution in [0, 0.1) is 0 Å². The number of carbonyl (C=O) groups excluding carboxylic acids is 1. The first kappa shape index (κ1) is 21.3. The second-order valence-electron chi connectivity index (χ2n) is 6.26. The van der Waals surface area contributed by atoms with Gasteiger partial charge in [0, 0.05) is 6.42 Å². The molecule has 0 spiro atoms. The van der Waals surface area contributed by atoms with Gasteiger partial charge in [0.2, 0.25) is 5.91 Å². The number of alkyl halides is 3. The quantitative estimate of drug-likeness (QED) is 0.705. The highest BCUT2D eigenvalue weighted by atomic mass is 19.4. The summed E-state index contributed by atoms with van der Waals surface area (Å²) in [5.41, 5.74) is 1.77. The van der Waals surface area contributed by atoms with Crippen LogP contribution in [0.3, 0.4) is 0 Å². The number of carboxylic acid groups (broad SMARTS) is 1. The van der Waals surface area contributed by atoms with Crippen molar-refractivity contribution in [3.63, 3.8) is 0 Å². The van der Waals surface area contributed by atoms with E-state index in [-0.39, 0.29) is 29.7 Å². The van der Waals surface area contributed by atoms with E-state index in [1.807, 2.05) is 0 Å². The summed E-state index contributed by atoms with van der Waals surface area (Å²) < 4.78 is 41.1. The summed E-state index contributed by atoms with van der Waals surface area (Å²) in [5, 5.41) is 11.7. The number of rotatable bonds is 8. The minimum absolute atomic E-state index is 0.101. The van der Waals surface area contributed by atoms with Crippen molar-refractivity contribution < 1.29 is 32.6 Å². The molecule has 0 radical (unpaired) electrons. The van der Waals surface area contributed by atoms with E-state index < -0.39 is 18.8 Å². The third-order valence-corrected chi connectivity index (χ3v) is 4.00.